The van der Waals surface area contributed by atoms with Gasteiger partial charge in [-0.15, -0.1) is 0 Å². The SMILES string of the molecule is CSCCC(=O)NCC(C)N(C)c1ccccc1. The summed E-state index contributed by atoms with van der Waals surface area (Å²) in [6.45, 7) is 2.79. The maximum atomic E-state index is 11.5. The van der Waals surface area contributed by atoms with Crippen molar-refractivity contribution in [1.82, 2.24) is 5.32 Å². The summed E-state index contributed by atoms with van der Waals surface area (Å²) < 4.78 is 0. The minimum absolute atomic E-state index is 0.137. The number of carbonyl (C=O) groups excluding carboxylic acids is 1. The van der Waals surface area contributed by atoms with Crippen LogP contribution >= 0.6 is 11.8 Å². The van der Waals surface area contributed by atoms with Crippen molar-refractivity contribution < 1.29 is 4.79 Å². The number of nitrogens with zero attached hydrogens (tertiary/aromatic N) is 1. The number of hydrogen-bond donors (Lipinski definition) is 1. The van der Waals surface area contributed by atoms with Crippen molar-refractivity contribution in [2.24, 2.45) is 0 Å². The maximum Gasteiger partial charge on any atom is 0.220 e. The molecule has 1 aromatic carbocycles. The summed E-state index contributed by atoms with van der Waals surface area (Å²) in [6, 6.07) is 10.5. The Bertz CT molecular complexity index is 356. The van der Waals surface area contributed by atoms with Crippen molar-refractivity contribution in [1.29, 1.82) is 0 Å². The summed E-state index contributed by atoms with van der Waals surface area (Å²) in [5.41, 5.74) is 1.17. The van der Waals surface area contributed by atoms with Crippen LogP contribution in [-0.4, -0.2) is 37.6 Å². The molecule has 0 fully saturated rings. The first kappa shape index (κ1) is 14.9. The zero-order valence-electron chi connectivity index (χ0n) is 11.3. The standard InChI is InChI=1S/C14H22N2OS/c1-12(11-15-14(17)9-10-18-3)16(2)13-7-5-4-6-8-13/h4-8,12H,9-11H2,1-3H3,(H,15,17). The Morgan fingerprint density at radius 1 is 1.39 bits per heavy atom. The van der Waals surface area contributed by atoms with Crippen molar-refractivity contribution >= 4 is 23.4 Å². The topological polar surface area (TPSA) is 32.3 Å². The zero-order valence-corrected chi connectivity index (χ0v) is 12.2. The average Bonchev–Trinajstić information content (AvgIpc) is 2.42. The minimum atomic E-state index is 0.137. The highest BCUT2D eigenvalue weighted by Gasteiger charge is 2.10. The van der Waals surface area contributed by atoms with Crippen LogP contribution in [0.5, 0.6) is 0 Å². The highest BCUT2D eigenvalue weighted by atomic mass is 32.2. The highest BCUT2D eigenvalue weighted by Crippen LogP contribution is 2.13. The van der Waals surface area contributed by atoms with Crippen LogP contribution in [0, 0.1) is 0 Å². The van der Waals surface area contributed by atoms with Gasteiger partial charge in [0, 0.05) is 37.5 Å². The second-order valence-electron chi connectivity index (χ2n) is 4.34. The summed E-state index contributed by atoms with van der Waals surface area (Å²) in [5.74, 6) is 1.02. The first-order chi connectivity index (χ1) is 8.65. The van der Waals surface area contributed by atoms with E-state index in [0.717, 1.165) is 5.75 Å². The molecule has 100 valence electrons. The third-order valence-corrected chi connectivity index (χ3v) is 3.56. The molecule has 18 heavy (non-hydrogen) atoms. The van der Waals surface area contributed by atoms with Crippen LogP contribution in [0.1, 0.15) is 13.3 Å². The number of likely N-dealkylation sites (N-methyl/N-ethyl adjacent to an activating group) is 1. The largest absolute Gasteiger partial charge is 0.370 e. The lowest BCUT2D eigenvalue weighted by molar-refractivity contribution is -0.120. The Morgan fingerprint density at radius 3 is 2.67 bits per heavy atom. The van der Waals surface area contributed by atoms with E-state index in [2.05, 4.69) is 29.3 Å². The number of para-hydroxylation sites is 1. The molecule has 3 nitrogen and oxygen atoms in total. The van der Waals surface area contributed by atoms with Crippen LogP contribution in [0.25, 0.3) is 0 Å². The van der Waals surface area contributed by atoms with Crippen LogP contribution in [0.4, 0.5) is 5.69 Å². The molecular weight excluding hydrogens is 244 g/mol. The van der Waals surface area contributed by atoms with Crippen LogP contribution in [-0.2, 0) is 4.79 Å². The van der Waals surface area contributed by atoms with E-state index in [1.54, 1.807) is 11.8 Å². The number of amides is 1. The van der Waals surface area contributed by atoms with Crippen LogP contribution < -0.4 is 10.2 Å². The van der Waals surface area contributed by atoms with Gasteiger partial charge in [0.2, 0.25) is 5.91 Å². The number of hydrogen-bond acceptors (Lipinski definition) is 3. The molecule has 1 atom stereocenters. The van der Waals surface area contributed by atoms with E-state index in [9.17, 15) is 4.79 Å². The van der Waals surface area contributed by atoms with Gasteiger partial charge in [0.1, 0.15) is 0 Å². The zero-order chi connectivity index (χ0) is 13.4. The molecule has 0 radical (unpaired) electrons. The molecule has 0 spiro atoms. The molecule has 0 bridgehead atoms. The second kappa shape index (κ2) is 8.03. The first-order valence-electron chi connectivity index (χ1n) is 6.18. The third-order valence-electron chi connectivity index (χ3n) is 2.95. The van der Waals surface area contributed by atoms with E-state index in [-0.39, 0.29) is 11.9 Å². The Hall–Kier alpha value is -1.16. The fourth-order valence-corrected chi connectivity index (χ4v) is 1.99. The number of rotatable bonds is 7. The molecule has 4 heteroatoms. The monoisotopic (exact) mass is 266 g/mol. The van der Waals surface area contributed by atoms with Crippen molar-refractivity contribution in [2.75, 3.05) is 30.5 Å². The molecule has 0 aliphatic rings. The lowest BCUT2D eigenvalue weighted by Crippen LogP contribution is -2.40. The molecule has 0 heterocycles. The van der Waals surface area contributed by atoms with E-state index in [1.165, 1.54) is 5.69 Å². The Morgan fingerprint density at radius 2 is 2.06 bits per heavy atom. The van der Waals surface area contributed by atoms with Gasteiger partial charge in [-0.1, -0.05) is 18.2 Å². The van der Waals surface area contributed by atoms with Crippen molar-refractivity contribution in [3.63, 3.8) is 0 Å². The predicted octanol–water partition coefficient (Wildman–Crippen LogP) is 2.38. The van der Waals surface area contributed by atoms with E-state index >= 15 is 0 Å². The molecular formula is C14H22N2OS. The van der Waals surface area contributed by atoms with Crippen LogP contribution in [0.2, 0.25) is 0 Å². The summed E-state index contributed by atoms with van der Waals surface area (Å²) in [4.78, 5) is 13.7. The van der Waals surface area contributed by atoms with Gasteiger partial charge in [-0.3, -0.25) is 4.79 Å². The van der Waals surface area contributed by atoms with Crippen molar-refractivity contribution in [2.45, 2.75) is 19.4 Å². The van der Waals surface area contributed by atoms with E-state index < -0.39 is 0 Å². The average molecular weight is 266 g/mol. The Labute approximate surface area is 114 Å². The van der Waals surface area contributed by atoms with Gasteiger partial charge in [-0.25, -0.2) is 0 Å². The minimum Gasteiger partial charge on any atom is -0.370 e. The molecule has 1 N–H and O–H groups in total. The fourth-order valence-electron chi connectivity index (χ4n) is 1.60. The molecule has 1 rings (SSSR count). The lowest BCUT2D eigenvalue weighted by atomic mass is 10.2. The van der Waals surface area contributed by atoms with Gasteiger partial charge < -0.3 is 10.2 Å². The van der Waals surface area contributed by atoms with E-state index in [0.29, 0.717) is 13.0 Å². The number of anilines is 1. The maximum absolute atomic E-state index is 11.5. The highest BCUT2D eigenvalue weighted by molar-refractivity contribution is 7.98. The molecule has 0 saturated carbocycles. The lowest BCUT2D eigenvalue weighted by Gasteiger charge is -2.27. The Balaban J connectivity index is 2.36. The third kappa shape index (κ3) is 5.00. The van der Waals surface area contributed by atoms with Crippen molar-refractivity contribution in [3.05, 3.63) is 30.3 Å². The van der Waals surface area contributed by atoms with E-state index in [4.69, 9.17) is 0 Å². The molecule has 0 aliphatic heterocycles. The number of carbonyl (C=O) groups is 1. The first-order valence-corrected chi connectivity index (χ1v) is 7.58. The number of thioether (sulfide) groups is 1. The smallest absolute Gasteiger partial charge is 0.220 e. The summed E-state index contributed by atoms with van der Waals surface area (Å²) in [5, 5.41) is 2.97. The Kier molecular flexibility index (Phi) is 6.65. The van der Waals surface area contributed by atoms with Gasteiger partial charge in [-0.2, -0.15) is 11.8 Å². The molecule has 0 aliphatic carbocycles. The molecule has 0 saturated heterocycles. The van der Waals surface area contributed by atoms with Gasteiger partial charge in [0.15, 0.2) is 0 Å². The molecule has 1 amide bonds. The van der Waals surface area contributed by atoms with Gasteiger partial charge in [-0.05, 0) is 25.3 Å². The van der Waals surface area contributed by atoms with Crippen molar-refractivity contribution in [3.8, 4) is 0 Å². The van der Waals surface area contributed by atoms with Gasteiger partial charge >= 0.3 is 0 Å². The van der Waals surface area contributed by atoms with E-state index in [1.807, 2.05) is 31.5 Å². The molecule has 1 unspecified atom stereocenters. The fraction of sp³-hybridized carbons (Fsp3) is 0.500. The normalized spacial score (nSPS) is 11.9. The summed E-state index contributed by atoms with van der Waals surface area (Å²) in [7, 11) is 2.05. The number of benzene rings is 1. The number of nitrogens with one attached hydrogen (secondary N) is 1. The van der Waals surface area contributed by atoms with Gasteiger partial charge in [0.25, 0.3) is 0 Å². The van der Waals surface area contributed by atoms with Gasteiger partial charge in [0.05, 0.1) is 0 Å². The summed E-state index contributed by atoms with van der Waals surface area (Å²) in [6.07, 6.45) is 2.61. The van der Waals surface area contributed by atoms with Crippen LogP contribution in [0.15, 0.2) is 30.3 Å². The van der Waals surface area contributed by atoms with Crippen LogP contribution in [0.3, 0.4) is 0 Å². The molecule has 0 aromatic heterocycles. The summed E-state index contributed by atoms with van der Waals surface area (Å²) >= 11 is 1.70. The predicted molar refractivity (Wildman–Crippen MR) is 80.3 cm³/mol. The second-order valence-corrected chi connectivity index (χ2v) is 5.33. The quantitative estimate of drug-likeness (QED) is 0.822. The molecule has 1 aromatic rings.